The topological polar surface area (TPSA) is 45.0 Å². The van der Waals surface area contributed by atoms with Crippen molar-refractivity contribution in [3.05, 3.63) is 29.8 Å². The quantitative estimate of drug-likeness (QED) is 0.695. The second-order valence-electron chi connectivity index (χ2n) is 5.73. The number of benzene rings is 1. The summed E-state index contributed by atoms with van der Waals surface area (Å²) in [6.45, 7) is 8.67. The highest BCUT2D eigenvalue weighted by Crippen LogP contribution is 2.21. The molecule has 0 aromatic heterocycles. The number of nitriles is 1. The van der Waals surface area contributed by atoms with Gasteiger partial charge in [-0.1, -0.05) is 19.1 Å². The number of rotatable bonds is 9. The van der Waals surface area contributed by atoms with Crippen molar-refractivity contribution in [1.29, 1.82) is 5.26 Å². The summed E-state index contributed by atoms with van der Waals surface area (Å²) in [7, 11) is 0. The van der Waals surface area contributed by atoms with Gasteiger partial charge in [0.15, 0.2) is 0 Å². The molecule has 0 aliphatic heterocycles. The predicted octanol–water partition coefficient (Wildman–Crippen LogP) is 3.89. The highest BCUT2D eigenvalue weighted by molar-refractivity contribution is 5.27. The van der Waals surface area contributed by atoms with E-state index < -0.39 is 0 Å². The van der Waals surface area contributed by atoms with E-state index in [1.54, 1.807) is 0 Å². The maximum absolute atomic E-state index is 8.93. The van der Waals surface area contributed by atoms with Gasteiger partial charge in [-0.3, -0.25) is 0 Å². The van der Waals surface area contributed by atoms with Gasteiger partial charge in [0, 0.05) is 6.54 Å². The van der Waals surface area contributed by atoms with Crippen molar-refractivity contribution in [1.82, 2.24) is 5.32 Å². The van der Waals surface area contributed by atoms with Crippen LogP contribution in [0, 0.1) is 16.7 Å². The number of ether oxygens (including phenoxy) is 1. The van der Waals surface area contributed by atoms with E-state index in [1.807, 2.05) is 26.0 Å². The third-order valence-corrected chi connectivity index (χ3v) is 3.27. The van der Waals surface area contributed by atoms with Crippen molar-refractivity contribution in [3.8, 4) is 11.8 Å². The average Bonchev–Trinajstić information content (AvgIpc) is 2.46. The first-order valence-corrected chi connectivity index (χ1v) is 7.41. The van der Waals surface area contributed by atoms with Crippen LogP contribution in [0.25, 0.3) is 0 Å². The zero-order valence-electron chi connectivity index (χ0n) is 12.9. The van der Waals surface area contributed by atoms with Crippen molar-refractivity contribution >= 4 is 0 Å². The molecule has 0 fully saturated rings. The van der Waals surface area contributed by atoms with Gasteiger partial charge >= 0.3 is 0 Å². The standard InChI is InChI=1S/C17H26N2O/c1-4-19-13-15-7-9-16(10-8-15)20-12-6-5-11-17(2,3)14-18/h7-10,19H,4-6,11-13H2,1-3H3. The minimum Gasteiger partial charge on any atom is -0.494 e. The summed E-state index contributed by atoms with van der Waals surface area (Å²) in [4.78, 5) is 0. The minimum absolute atomic E-state index is 0.214. The van der Waals surface area contributed by atoms with Gasteiger partial charge in [-0.2, -0.15) is 5.26 Å². The highest BCUT2D eigenvalue weighted by atomic mass is 16.5. The number of unbranched alkanes of at least 4 members (excludes halogenated alkanes) is 1. The van der Waals surface area contributed by atoms with Gasteiger partial charge in [-0.05, 0) is 57.4 Å². The molecule has 0 unspecified atom stereocenters. The first kappa shape index (κ1) is 16.5. The van der Waals surface area contributed by atoms with E-state index in [0.717, 1.165) is 38.1 Å². The van der Waals surface area contributed by atoms with Gasteiger partial charge in [0.1, 0.15) is 5.75 Å². The Kier molecular flexibility index (Phi) is 7.11. The van der Waals surface area contributed by atoms with Crippen LogP contribution in [0.2, 0.25) is 0 Å². The molecule has 0 heterocycles. The van der Waals surface area contributed by atoms with Gasteiger partial charge in [0.05, 0.1) is 18.1 Å². The summed E-state index contributed by atoms with van der Waals surface area (Å²) in [6.07, 6.45) is 2.94. The fraction of sp³-hybridized carbons (Fsp3) is 0.588. The molecule has 110 valence electrons. The lowest BCUT2D eigenvalue weighted by molar-refractivity contribution is 0.295. The number of nitrogens with one attached hydrogen (secondary N) is 1. The second kappa shape index (κ2) is 8.60. The molecule has 0 aliphatic carbocycles. The summed E-state index contributed by atoms with van der Waals surface area (Å²) >= 11 is 0. The van der Waals surface area contributed by atoms with E-state index in [9.17, 15) is 0 Å². The fourth-order valence-corrected chi connectivity index (χ4v) is 1.89. The first-order chi connectivity index (χ1) is 9.57. The van der Waals surface area contributed by atoms with Gasteiger partial charge < -0.3 is 10.1 Å². The number of hydrogen-bond donors (Lipinski definition) is 1. The van der Waals surface area contributed by atoms with E-state index >= 15 is 0 Å². The molecule has 0 saturated heterocycles. The van der Waals surface area contributed by atoms with Crippen LogP contribution in [0.1, 0.15) is 45.6 Å². The van der Waals surface area contributed by atoms with Crippen molar-refractivity contribution in [2.45, 2.75) is 46.6 Å². The highest BCUT2D eigenvalue weighted by Gasteiger charge is 2.15. The van der Waals surface area contributed by atoms with Gasteiger partial charge in [-0.15, -0.1) is 0 Å². The van der Waals surface area contributed by atoms with Crippen LogP contribution in [0.4, 0.5) is 0 Å². The van der Waals surface area contributed by atoms with Gasteiger partial charge in [0.2, 0.25) is 0 Å². The monoisotopic (exact) mass is 274 g/mol. The van der Waals surface area contributed by atoms with Crippen LogP contribution in [0.3, 0.4) is 0 Å². The maximum Gasteiger partial charge on any atom is 0.119 e. The minimum atomic E-state index is -0.214. The lowest BCUT2D eigenvalue weighted by Crippen LogP contribution is -2.11. The maximum atomic E-state index is 8.93. The van der Waals surface area contributed by atoms with E-state index in [1.165, 1.54) is 5.56 Å². The van der Waals surface area contributed by atoms with Crippen LogP contribution < -0.4 is 10.1 Å². The smallest absolute Gasteiger partial charge is 0.119 e. The molecule has 0 bridgehead atoms. The molecule has 0 aliphatic rings. The normalized spacial score (nSPS) is 11.1. The Balaban J connectivity index is 2.21. The fourth-order valence-electron chi connectivity index (χ4n) is 1.89. The molecule has 0 radical (unpaired) electrons. The van der Waals surface area contributed by atoms with E-state index in [-0.39, 0.29) is 5.41 Å². The van der Waals surface area contributed by atoms with Crippen molar-refractivity contribution in [2.75, 3.05) is 13.2 Å². The molecule has 0 spiro atoms. The Morgan fingerprint density at radius 3 is 2.50 bits per heavy atom. The molecular formula is C17H26N2O. The molecular weight excluding hydrogens is 248 g/mol. The van der Waals surface area contributed by atoms with Crippen LogP contribution in [0.15, 0.2) is 24.3 Å². The Morgan fingerprint density at radius 2 is 1.90 bits per heavy atom. The largest absolute Gasteiger partial charge is 0.494 e. The summed E-state index contributed by atoms with van der Waals surface area (Å²) in [5.41, 5.74) is 1.06. The zero-order chi connectivity index (χ0) is 14.8. The van der Waals surface area contributed by atoms with Crippen LogP contribution in [-0.4, -0.2) is 13.2 Å². The molecule has 1 rings (SSSR count). The molecule has 1 aromatic rings. The van der Waals surface area contributed by atoms with Crippen LogP contribution >= 0.6 is 0 Å². The number of nitrogens with zero attached hydrogens (tertiary/aromatic N) is 1. The van der Waals surface area contributed by atoms with Gasteiger partial charge in [-0.25, -0.2) is 0 Å². The SMILES string of the molecule is CCNCc1ccc(OCCCCC(C)(C)C#N)cc1. The lowest BCUT2D eigenvalue weighted by atomic mass is 9.89. The van der Waals surface area contributed by atoms with Crippen LogP contribution in [-0.2, 0) is 6.54 Å². The van der Waals surface area contributed by atoms with Crippen molar-refractivity contribution in [3.63, 3.8) is 0 Å². The zero-order valence-corrected chi connectivity index (χ0v) is 12.9. The Labute approximate surface area is 123 Å². The van der Waals surface area contributed by atoms with Crippen molar-refractivity contribution in [2.24, 2.45) is 5.41 Å². The summed E-state index contributed by atoms with van der Waals surface area (Å²) in [6, 6.07) is 10.6. The van der Waals surface area contributed by atoms with Gasteiger partial charge in [0.25, 0.3) is 0 Å². The molecule has 20 heavy (non-hydrogen) atoms. The molecule has 0 amide bonds. The summed E-state index contributed by atoms with van der Waals surface area (Å²) < 4.78 is 5.71. The third-order valence-electron chi connectivity index (χ3n) is 3.27. The summed E-state index contributed by atoms with van der Waals surface area (Å²) in [5, 5.41) is 12.2. The molecule has 3 heteroatoms. The Morgan fingerprint density at radius 1 is 1.20 bits per heavy atom. The molecule has 0 atom stereocenters. The van der Waals surface area contributed by atoms with E-state index in [4.69, 9.17) is 10.00 Å². The average molecular weight is 274 g/mol. The van der Waals surface area contributed by atoms with Crippen molar-refractivity contribution < 1.29 is 4.74 Å². The molecule has 0 saturated carbocycles. The predicted molar refractivity (Wildman–Crippen MR) is 82.6 cm³/mol. The van der Waals surface area contributed by atoms with E-state index in [2.05, 4.69) is 30.4 Å². The lowest BCUT2D eigenvalue weighted by Gasteiger charge is -2.14. The first-order valence-electron chi connectivity index (χ1n) is 7.41. The summed E-state index contributed by atoms with van der Waals surface area (Å²) in [5.74, 6) is 0.921. The third kappa shape index (κ3) is 6.58. The second-order valence-corrected chi connectivity index (χ2v) is 5.73. The Hall–Kier alpha value is -1.53. The Bertz CT molecular complexity index is 418. The molecule has 1 aromatic carbocycles. The number of hydrogen-bond acceptors (Lipinski definition) is 3. The van der Waals surface area contributed by atoms with E-state index in [0.29, 0.717) is 6.61 Å². The van der Waals surface area contributed by atoms with Crippen LogP contribution in [0.5, 0.6) is 5.75 Å². The molecule has 1 N–H and O–H groups in total. The molecule has 3 nitrogen and oxygen atoms in total.